The van der Waals surface area contributed by atoms with E-state index in [-0.39, 0.29) is 23.1 Å². The third-order valence-corrected chi connectivity index (χ3v) is 3.81. The number of hydrogen-bond acceptors (Lipinski definition) is 4. The fourth-order valence-corrected chi connectivity index (χ4v) is 2.42. The highest BCUT2D eigenvalue weighted by atomic mass is 19.4. The molecule has 0 bridgehead atoms. The number of benzene rings is 2. The number of aromatic nitrogens is 2. The van der Waals surface area contributed by atoms with Crippen molar-refractivity contribution in [3.63, 3.8) is 0 Å². The zero-order chi connectivity index (χ0) is 19.4. The second-order valence-electron chi connectivity index (χ2n) is 5.65. The Morgan fingerprint density at radius 1 is 0.963 bits per heavy atom. The topological polar surface area (TPSA) is 58.1 Å². The third-order valence-electron chi connectivity index (χ3n) is 3.81. The first-order valence-corrected chi connectivity index (χ1v) is 7.94. The molecule has 8 heteroatoms. The van der Waals surface area contributed by atoms with E-state index in [9.17, 15) is 18.0 Å². The van der Waals surface area contributed by atoms with Crippen LogP contribution < -0.4 is 10.2 Å². The van der Waals surface area contributed by atoms with Gasteiger partial charge in [0, 0.05) is 12.7 Å². The predicted octanol–water partition coefficient (Wildman–Crippen LogP) is 4.52. The van der Waals surface area contributed by atoms with Crippen LogP contribution in [0, 0.1) is 0 Å². The number of rotatable bonds is 4. The number of alkyl halides is 3. The van der Waals surface area contributed by atoms with E-state index in [0.29, 0.717) is 5.69 Å². The maximum Gasteiger partial charge on any atom is 0.418 e. The van der Waals surface area contributed by atoms with Crippen LogP contribution in [0.2, 0.25) is 0 Å². The fraction of sp³-hybridized carbons (Fsp3) is 0.105. The first-order chi connectivity index (χ1) is 12.9. The molecule has 138 valence electrons. The Morgan fingerprint density at radius 3 is 2.26 bits per heavy atom. The minimum absolute atomic E-state index is 0.0796. The molecule has 0 aliphatic heterocycles. The van der Waals surface area contributed by atoms with E-state index in [1.165, 1.54) is 35.5 Å². The van der Waals surface area contributed by atoms with Crippen LogP contribution >= 0.6 is 0 Å². The van der Waals surface area contributed by atoms with Crippen molar-refractivity contribution >= 4 is 23.1 Å². The Hall–Kier alpha value is -3.42. The Balaban J connectivity index is 1.78. The molecule has 0 aliphatic rings. The zero-order valence-electron chi connectivity index (χ0n) is 14.2. The normalized spacial score (nSPS) is 11.1. The van der Waals surface area contributed by atoms with Crippen LogP contribution in [0.15, 0.2) is 67.0 Å². The summed E-state index contributed by atoms with van der Waals surface area (Å²) in [4.78, 5) is 21.9. The molecule has 0 saturated heterocycles. The van der Waals surface area contributed by atoms with E-state index in [0.717, 1.165) is 6.07 Å². The van der Waals surface area contributed by atoms with Crippen LogP contribution in [-0.2, 0) is 6.18 Å². The lowest BCUT2D eigenvalue weighted by Gasteiger charge is -2.17. The number of anilines is 3. The van der Waals surface area contributed by atoms with Gasteiger partial charge >= 0.3 is 6.18 Å². The van der Waals surface area contributed by atoms with Crippen molar-refractivity contribution in [3.05, 3.63) is 78.2 Å². The molecular weight excluding hydrogens is 357 g/mol. The number of carbonyl (C=O) groups is 1. The first-order valence-electron chi connectivity index (χ1n) is 7.94. The average molecular weight is 372 g/mol. The summed E-state index contributed by atoms with van der Waals surface area (Å²) in [7, 11) is 1.60. The van der Waals surface area contributed by atoms with Gasteiger partial charge in [-0.2, -0.15) is 13.2 Å². The molecule has 0 aliphatic carbocycles. The molecule has 0 atom stereocenters. The fourth-order valence-electron chi connectivity index (χ4n) is 2.42. The van der Waals surface area contributed by atoms with Crippen LogP contribution in [-0.4, -0.2) is 22.9 Å². The van der Waals surface area contributed by atoms with Crippen molar-refractivity contribution < 1.29 is 18.0 Å². The molecule has 0 fully saturated rings. The van der Waals surface area contributed by atoms with Crippen molar-refractivity contribution in [2.75, 3.05) is 17.3 Å². The highest BCUT2D eigenvalue weighted by molar-refractivity contribution is 6.04. The average Bonchev–Trinajstić information content (AvgIpc) is 2.68. The van der Waals surface area contributed by atoms with E-state index in [2.05, 4.69) is 15.3 Å². The lowest BCUT2D eigenvalue weighted by Crippen LogP contribution is -2.27. The van der Waals surface area contributed by atoms with Gasteiger partial charge in [-0.25, -0.2) is 9.97 Å². The van der Waals surface area contributed by atoms with Crippen molar-refractivity contribution in [2.45, 2.75) is 6.18 Å². The molecule has 1 heterocycles. The number of hydrogen-bond donors (Lipinski definition) is 1. The summed E-state index contributed by atoms with van der Waals surface area (Å²) in [6.07, 6.45) is -2.05. The maximum atomic E-state index is 13.0. The minimum atomic E-state index is -4.49. The standard InChI is InChI=1S/C19H15F3N4O/c1-26(13-7-3-2-4-8-13)18(27)16-11-24-17(12-23-16)25-15-10-6-5-9-14(15)19(20,21)22/h2-12H,1H3,(H,24,25). The van der Waals surface area contributed by atoms with Gasteiger partial charge in [0.1, 0.15) is 11.5 Å². The Kier molecular flexibility index (Phi) is 5.07. The van der Waals surface area contributed by atoms with Crippen molar-refractivity contribution in [2.24, 2.45) is 0 Å². The monoisotopic (exact) mass is 372 g/mol. The molecule has 1 aromatic heterocycles. The molecule has 27 heavy (non-hydrogen) atoms. The van der Waals surface area contributed by atoms with Crippen molar-refractivity contribution in [1.82, 2.24) is 9.97 Å². The predicted molar refractivity (Wildman–Crippen MR) is 95.9 cm³/mol. The van der Waals surface area contributed by atoms with Crippen molar-refractivity contribution in [1.29, 1.82) is 0 Å². The molecule has 3 rings (SSSR count). The van der Waals surface area contributed by atoms with E-state index in [4.69, 9.17) is 0 Å². The SMILES string of the molecule is CN(C(=O)c1cnc(Nc2ccccc2C(F)(F)F)cn1)c1ccccc1. The number of para-hydroxylation sites is 2. The molecule has 2 aromatic carbocycles. The van der Waals surface area contributed by atoms with Crippen LogP contribution in [0.25, 0.3) is 0 Å². The lowest BCUT2D eigenvalue weighted by atomic mass is 10.1. The number of nitrogens with zero attached hydrogens (tertiary/aromatic N) is 3. The van der Waals surface area contributed by atoms with E-state index < -0.39 is 11.7 Å². The summed E-state index contributed by atoms with van der Waals surface area (Å²) in [5, 5.41) is 2.59. The minimum Gasteiger partial charge on any atom is -0.338 e. The molecule has 1 N–H and O–H groups in total. The number of nitrogens with one attached hydrogen (secondary N) is 1. The Labute approximate surface area is 153 Å². The van der Waals surface area contributed by atoms with Crippen LogP contribution in [0.1, 0.15) is 16.1 Å². The van der Waals surface area contributed by atoms with Gasteiger partial charge in [-0.05, 0) is 24.3 Å². The molecular formula is C19H15F3N4O. The molecule has 0 radical (unpaired) electrons. The van der Waals surface area contributed by atoms with Gasteiger partial charge in [0.05, 0.1) is 23.6 Å². The second kappa shape index (κ2) is 7.45. The van der Waals surface area contributed by atoms with Crippen molar-refractivity contribution in [3.8, 4) is 0 Å². The van der Waals surface area contributed by atoms with Gasteiger partial charge < -0.3 is 10.2 Å². The molecule has 0 unspecified atom stereocenters. The van der Waals surface area contributed by atoms with Gasteiger partial charge in [-0.1, -0.05) is 30.3 Å². The molecule has 0 spiro atoms. The highest BCUT2D eigenvalue weighted by Gasteiger charge is 2.33. The largest absolute Gasteiger partial charge is 0.418 e. The molecule has 3 aromatic rings. The summed E-state index contributed by atoms with van der Waals surface area (Å²) >= 11 is 0. The van der Waals surface area contributed by atoms with Gasteiger partial charge in [0.25, 0.3) is 5.91 Å². The van der Waals surface area contributed by atoms with Crippen LogP contribution in [0.3, 0.4) is 0 Å². The maximum absolute atomic E-state index is 13.0. The van der Waals surface area contributed by atoms with Crippen LogP contribution in [0.4, 0.5) is 30.4 Å². The quantitative estimate of drug-likeness (QED) is 0.732. The van der Waals surface area contributed by atoms with Crippen LogP contribution in [0.5, 0.6) is 0 Å². The first kappa shape index (κ1) is 18.4. The zero-order valence-corrected chi connectivity index (χ0v) is 14.2. The van der Waals surface area contributed by atoms with Gasteiger partial charge in [-0.15, -0.1) is 0 Å². The third kappa shape index (κ3) is 4.22. The Bertz CT molecular complexity index is 928. The summed E-state index contributed by atoms with van der Waals surface area (Å²) in [6, 6.07) is 14.0. The highest BCUT2D eigenvalue weighted by Crippen LogP contribution is 2.35. The summed E-state index contributed by atoms with van der Waals surface area (Å²) in [5.41, 5.74) is -0.183. The number of amides is 1. The van der Waals surface area contributed by atoms with Gasteiger partial charge in [0.2, 0.25) is 0 Å². The van der Waals surface area contributed by atoms with Gasteiger partial charge in [0.15, 0.2) is 0 Å². The number of halogens is 3. The molecule has 1 amide bonds. The lowest BCUT2D eigenvalue weighted by molar-refractivity contribution is -0.136. The molecule has 5 nitrogen and oxygen atoms in total. The van der Waals surface area contributed by atoms with Gasteiger partial charge in [-0.3, -0.25) is 4.79 Å². The summed E-state index contributed by atoms with van der Waals surface area (Å²) < 4.78 is 39.1. The second-order valence-corrected chi connectivity index (χ2v) is 5.65. The smallest absolute Gasteiger partial charge is 0.338 e. The van der Waals surface area contributed by atoms with E-state index in [1.807, 2.05) is 6.07 Å². The van der Waals surface area contributed by atoms with E-state index >= 15 is 0 Å². The van der Waals surface area contributed by atoms with E-state index in [1.54, 1.807) is 31.3 Å². The summed E-state index contributed by atoms with van der Waals surface area (Å²) in [6.45, 7) is 0. The molecule has 0 saturated carbocycles. The Morgan fingerprint density at radius 2 is 1.63 bits per heavy atom. The summed E-state index contributed by atoms with van der Waals surface area (Å²) in [5.74, 6) is -0.276. The number of carbonyl (C=O) groups excluding carboxylic acids is 1.